The van der Waals surface area contributed by atoms with E-state index < -0.39 is 0 Å². The molecule has 23 heavy (non-hydrogen) atoms. The smallest absolute Gasteiger partial charge is 0.286 e. The summed E-state index contributed by atoms with van der Waals surface area (Å²) >= 11 is 0. The number of hydrogen-bond acceptors (Lipinski definition) is 4. The van der Waals surface area contributed by atoms with E-state index in [0.717, 1.165) is 0 Å². The van der Waals surface area contributed by atoms with Crippen molar-refractivity contribution in [2.75, 3.05) is 32.7 Å². The van der Waals surface area contributed by atoms with Crippen LogP contribution >= 0.6 is 0 Å². The van der Waals surface area contributed by atoms with Crippen LogP contribution in [-0.2, 0) is 9.59 Å². The van der Waals surface area contributed by atoms with Gasteiger partial charge in [-0.15, -0.1) is 0 Å². The Morgan fingerprint density at radius 1 is 1.17 bits per heavy atom. The lowest BCUT2D eigenvalue weighted by Gasteiger charge is -2.35. The van der Waals surface area contributed by atoms with E-state index in [1.54, 1.807) is 21.9 Å². The molecule has 0 aromatic carbocycles. The van der Waals surface area contributed by atoms with Gasteiger partial charge >= 0.3 is 0 Å². The first-order valence-electron chi connectivity index (χ1n) is 7.87. The Morgan fingerprint density at radius 2 is 1.83 bits per heavy atom. The molecule has 1 saturated heterocycles. The predicted molar refractivity (Wildman–Crippen MR) is 83.7 cm³/mol. The van der Waals surface area contributed by atoms with Crippen molar-refractivity contribution < 1.29 is 18.8 Å². The van der Waals surface area contributed by atoms with E-state index in [0.29, 0.717) is 26.2 Å². The van der Waals surface area contributed by atoms with Crippen molar-refractivity contribution in [1.29, 1.82) is 0 Å². The van der Waals surface area contributed by atoms with Crippen molar-refractivity contribution in [2.45, 2.75) is 20.3 Å². The van der Waals surface area contributed by atoms with Gasteiger partial charge in [-0.2, -0.15) is 0 Å². The predicted octanol–water partition coefficient (Wildman–Crippen LogP) is 0.726. The summed E-state index contributed by atoms with van der Waals surface area (Å²) in [6, 6.07) is 3.21. The van der Waals surface area contributed by atoms with Crippen LogP contribution in [0.2, 0.25) is 0 Å². The van der Waals surface area contributed by atoms with Gasteiger partial charge in [0.2, 0.25) is 11.8 Å². The molecule has 126 valence electrons. The van der Waals surface area contributed by atoms with Crippen LogP contribution in [0.5, 0.6) is 0 Å². The molecule has 2 rings (SSSR count). The molecule has 2 heterocycles. The maximum atomic E-state index is 12.1. The molecule has 7 nitrogen and oxygen atoms in total. The van der Waals surface area contributed by atoms with Gasteiger partial charge in [-0.25, -0.2) is 0 Å². The minimum atomic E-state index is -0.324. The summed E-state index contributed by atoms with van der Waals surface area (Å²) in [5, 5.41) is 2.65. The monoisotopic (exact) mass is 321 g/mol. The summed E-state index contributed by atoms with van der Waals surface area (Å²) in [7, 11) is 0. The summed E-state index contributed by atoms with van der Waals surface area (Å²) < 4.78 is 4.98. The van der Waals surface area contributed by atoms with Crippen LogP contribution in [-0.4, -0.2) is 60.2 Å². The van der Waals surface area contributed by atoms with Gasteiger partial charge in [0.1, 0.15) is 0 Å². The summed E-state index contributed by atoms with van der Waals surface area (Å²) in [6.07, 6.45) is 1.67. The van der Waals surface area contributed by atoms with Gasteiger partial charge in [-0.1, -0.05) is 13.8 Å². The van der Waals surface area contributed by atoms with Gasteiger partial charge in [0.15, 0.2) is 5.76 Å². The second-order valence-electron chi connectivity index (χ2n) is 5.84. The van der Waals surface area contributed by atoms with Gasteiger partial charge in [0.25, 0.3) is 5.91 Å². The van der Waals surface area contributed by atoms with Crippen molar-refractivity contribution >= 4 is 17.7 Å². The molecule has 1 N–H and O–H groups in total. The second-order valence-corrected chi connectivity index (χ2v) is 5.84. The van der Waals surface area contributed by atoms with E-state index in [2.05, 4.69) is 5.32 Å². The number of piperazine rings is 1. The zero-order chi connectivity index (χ0) is 16.8. The highest BCUT2D eigenvalue weighted by Gasteiger charge is 2.25. The third-order valence-corrected chi connectivity index (χ3v) is 3.81. The molecule has 0 atom stereocenters. The Balaban J connectivity index is 1.69. The molecule has 1 aromatic rings. The van der Waals surface area contributed by atoms with Crippen LogP contribution in [0.15, 0.2) is 22.8 Å². The van der Waals surface area contributed by atoms with Gasteiger partial charge in [0, 0.05) is 45.1 Å². The zero-order valence-corrected chi connectivity index (χ0v) is 13.6. The van der Waals surface area contributed by atoms with Crippen LogP contribution in [0.25, 0.3) is 0 Å². The highest BCUT2D eigenvalue weighted by atomic mass is 16.3. The quantitative estimate of drug-likeness (QED) is 0.866. The molecular weight excluding hydrogens is 298 g/mol. The minimum Gasteiger partial charge on any atom is -0.459 e. The molecular formula is C16H23N3O4. The minimum absolute atomic E-state index is 0.0126. The molecule has 0 spiro atoms. The van der Waals surface area contributed by atoms with Crippen LogP contribution in [0.4, 0.5) is 0 Å². The van der Waals surface area contributed by atoms with Crippen LogP contribution in [0.1, 0.15) is 30.8 Å². The number of amides is 3. The number of rotatable bonds is 5. The Labute approximate surface area is 135 Å². The first kappa shape index (κ1) is 17.1. The van der Waals surface area contributed by atoms with Crippen LogP contribution < -0.4 is 5.32 Å². The summed E-state index contributed by atoms with van der Waals surface area (Å²) in [4.78, 5) is 39.2. The molecule has 0 radical (unpaired) electrons. The number of carbonyl (C=O) groups is 3. The van der Waals surface area contributed by atoms with E-state index in [1.165, 1.54) is 6.26 Å². The third kappa shape index (κ3) is 4.58. The molecule has 0 unspecified atom stereocenters. The van der Waals surface area contributed by atoms with E-state index >= 15 is 0 Å². The SMILES string of the molecule is CC(C)C(=O)N1CCN(C(=O)CCNC(=O)c2ccco2)CC1. The maximum absolute atomic E-state index is 12.1. The lowest BCUT2D eigenvalue weighted by molar-refractivity contribution is -0.141. The Morgan fingerprint density at radius 3 is 2.39 bits per heavy atom. The number of carbonyl (C=O) groups excluding carboxylic acids is 3. The van der Waals surface area contributed by atoms with E-state index in [1.807, 2.05) is 13.8 Å². The number of furan rings is 1. The average Bonchev–Trinajstić information content (AvgIpc) is 3.08. The lowest BCUT2D eigenvalue weighted by atomic mass is 10.1. The highest BCUT2D eigenvalue weighted by Crippen LogP contribution is 2.08. The topological polar surface area (TPSA) is 82.9 Å². The fourth-order valence-electron chi connectivity index (χ4n) is 2.48. The van der Waals surface area contributed by atoms with E-state index in [-0.39, 0.29) is 42.4 Å². The number of hydrogen-bond donors (Lipinski definition) is 1. The Kier molecular flexibility index (Phi) is 5.78. The first-order valence-corrected chi connectivity index (χ1v) is 7.87. The molecule has 0 bridgehead atoms. The van der Waals surface area contributed by atoms with Gasteiger partial charge in [0.05, 0.1) is 6.26 Å². The van der Waals surface area contributed by atoms with E-state index in [9.17, 15) is 14.4 Å². The van der Waals surface area contributed by atoms with Crippen molar-refractivity contribution in [3.05, 3.63) is 24.2 Å². The molecule has 7 heteroatoms. The largest absolute Gasteiger partial charge is 0.459 e. The second kappa shape index (κ2) is 7.80. The molecule has 1 aromatic heterocycles. The fourth-order valence-corrected chi connectivity index (χ4v) is 2.48. The molecule has 3 amide bonds. The molecule has 1 aliphatic rings. The fraction of sp³-hybridized carbons (Fsp3) is 0.562. The number of nitrogens with one attached hydrogen (secondary N) is 1. The lowest BCUT2D eigenvalue weighted by Crippen LogP contribution is -2.51. The maximum Gasteiger partial charge on any atom is 0.286 e. The zero-order valence-electron chi connectivity index (χ0n) is 13.6. The average molecular weight is 321 g/mol. The normalized spacial score (nSPS) is 14.9. The van der Waals surface area contributed by atoms with Crippen LogP contribution in [0, 0.1) is 5.92 Å². The van der Waals surface area contributed by atoms with Gasteiger partial charge in [-0.3, -0.25) is 14.4 Å². The molecule has 0 aliphatic carbocycles. The molecule has 0 saturated carbocycles. The van der Waals surface area contributed by atoms with E-state index in [4.69, 9.17) is 4.42 Å². The Bertz CT molecular complexity index is 546. The molecule has 1 fully saturated rings. The van der Waals surface area contributed by atoms with Crippen molar-refractivity contribution in [1.82, 2.24) is 15.1 Å². The number of nitrogens with zero attached hydrogens (tertiary/aromatic N) is 2. The Hall–Kier alpha value is -2.31. The summed E-state index contributed by atoms with van der Waals surface area (Å²) in [5.41, 5.74) is 0. The third-order valence-electron chi connectivity index (χ3n) is 3.81. The standard InChI is InChI=1S/C16H23N3O4/c1-12(2)16(22)19-9-7-18(8-10-19)14(20)5-6-17-15(21)13-4-3-11-23-13/h3-4,11-12H,5-10H2,1-2H3,(H,17,21). The summed E-state index contributed by atoms with van der Waals surface area (Å²) in [6.45, 7) is 6.25. The first-order chi connectivity index (χ1) is 11.0. The van der Waals surface area contributed by atoms with Crippen molar-refractivity contribution in [3.8, 4) is 0 Å². The van der Waals surface area contributed by atoms with Crippen LogP contribution in [0.3, 0.4) is 0 Å². The van der Waals surface area contributed by atoms with Gasteiger partial charge < -0.3 is 19.5 Å². The van der Waals surface area contributed by atoms with Crippen molar-refractivity contribution in [2.24, 2.45) is 5.92 Å². The highest BCUT2D eigenvalue weighted by molar-refractivity contribution is 5.91. The molecule has 1 aliphatic heterocycles. The van der Waals surface area contributed by atoms with Gasteiger partial charge in [-0.05, 0) is 12.1 Å². The van der Waals surface area contributed by atoms with Crippen molar-refractivity contribution in [3.63, 3.8) is 0 Å². The summed E-state index contributed by atoms with van der Waals surface area (Å²) in [5.74, 6) is 0.00618.